The molecule has 0 N–H and O–H groups in total. The number of hydrogen-bond acceptors (Lipinski definition) is 2. The van der Waals surface area contributed by atoms with E-state index in [2.05, 4.69) is 22.6 Å². The molecule has 122 valence electrons. The van der Waals surface area contributed by atoms with Gasteiger partial charge in [-0.1, -0.05) is 44.2 Å². The molecule has 0 spiro atoms. The van der Waals surface area contributed by atoms with E-state index in [1.807, 2.05) is 62.1 Å². The molecule has 4 heteroatoms. The van der Waals surface area contributed by atoms with Crippen LogP contribution in [0.25, 0.3) is 0 Å². The van der Waals surface area contributed by atoms with Crippen molar-refractivity contribution in [2.75, 3.05) is 13.1 Å². The van der Waals surface area contributed by atoms with Crippen molar-refractivity contribution in [2.24, 2.45) is 11.3 Å². The maximum absolute atomic E-state index is 13.4. The average Bonchev–Trinajstić information content (AvgIpc) is 2.55. The largest absolute Gasteiger partial charge is 0.342 e. The predicted molar refractivity (Wildman–Crippen MR) is 99.4 cm³/mol. The Morgan fingerprint density at radius 3 is 2.48 bits per heavy atom. The number of Topliss-reactive ketones (excluding diaryl/α,β-unsaturated/α-hetero) is 1. The second-order valence-corrected chi connectivity index (χ2v) is 8.17. The number of ketones is 1. The van der Waals surface area contributed by atoms with Crippen molar-refractivity contribution < 1.29 is 9.59 Å². The number of rotatable bonds is 2. The van der Waals surface area contributed by atoms with Crippen molar-refractivity contribution >= 4 is 34.3 Å². The quantitative estimate of drug-likeness (QED) is 0.681. The lowest BCUT2D eigenvalue weighted by Crippen LogP contribution is -2.62. The summed E-state index contributed by atoms with van der Waals surface area (Å²) in [6, 6.07) is 9.97. The first kappa shape index (κ1) is 16.7. The lowest BCUT2D eigenvalue weighted by atomic mass is 9.53. The van der Waals surface area contributed by atoms with Crippen molar-refractivity contribution in [3.63, 3.8) is 0 Å². The van der Waals surface area contributed by atoms with E-state index in [0.29, 0.717) is 10.1 Å². The van der Waals surface area contributed by atoms with Crippen LogP contribution in [0.5, 0.6) is 0 Å². The molecule has 1 saturated heterocycles. The number of nitrogens with zero attached hydrogens (tertiary/aromatic N) is 1. The van der Waals surface area contributed by atoms with Crippen LogP contribution < -0.4 is 0 Å². The highest BCUT2D eigenvalue weighted by atomic mass is 127. The lowest BCUT2D eigenvalue weighted by Gasteiger charge is -2.53. The van der Waals surface area contributed by atoms with Gasteiger partial charge in [-0.25, -0.2) is 0 Å². The van der Waals surface area contributed by atoms with E-state index in [1.165, 1.54) is 0 Å². The van der Waals surface area contributed by atoms with Crippen molar-refractivity contribution in [3.8, 4) is 0 Å². The van der Waals surface area contributed by atoms with E-state index in [1.54, 1.807) is 0 Å². The smallest absolute Gasteiger partial charge is 0.237 e. The zero-order valence-corrected chi connectivity index (χ0v) is 16.0. The number of benzene rings is 1. The summed E-state index contributed by atoms with van der Waals surface area (Å²) in [5.74, 6) is 0.295. The third-order valence-electron chi connectivity index (χ3n) is 5.54. The number of halogens is 1. The van der Waals surface area contributed by atoms with Crippen LogP contribution in [-0.2, 0) is 15.0 Å². The molecular formula is C19H22INO2. The fraction of sp³-hybridized carbons (Fsp3) is 0.474. The van der Waals surface area contributed by atoms with Crippen LogP contribution in [0.2, 0.25) is 0 Å². The van der Waals surface area contributed by atoms with Crippen LogP contribution in [0.4, 0.5) is 0 Å². The molecule has 1 aromatic carbocycles. The number of likely N-dealkylation sites (N-methyl/N-ethyl adjacent to an activating group) is 1. The molecule has 1 aliphatic carbocycles. The van der Waals surface area contributed by atoms with Crippen LogP contribution in [0.1, 0.15) is 32.8 Å². The Kier molecular flexibility index (Phi) is 4.15. The second-order valence-electron chi connectivity index (χ2n) is 7.00. The Hall–Kier alpha value is -1.17. The van der Waals surface area contributed by atoms with Crippen molar-refractivity contribution in [1.29, 1.82) is 0 Å². The molecule has 0 bridgehead atoms. The zero-order chi connectivity index (χ0) is 16.8. The zero-order valence-electron chi connectivity index (χ0n) is 13.8. The van der Waals surface area contributed by atoms with Crippen LogP contribution in [0.15, 0.2) is 40.0 Å². The van der Waals surface area contributed by atoms with Crippen molar-refractivity contribution in [2.45, 2.75) is 32.6 Å². The van der Waals surface area contributed by atoms with Gasteiger partial charge in [0.15, 0.2) is 5.78 Å². The van der Waals surface area contributed by atoms with Gasteiger partial charge in [0, 0.05) is 18.5 Å². The maximum Gasteiger partial charge on any atom is 0.237 e. The van der Waals surface area contributed by atoms with Gasteiger partial charge >= 0.3 is 0 Å². The third-order valence-corrected chi connectivity index (χ3v) is 6.34. The molecule has 2 aliphatic rings. The Morgan fingerprint density at radius 1 is 1.22 bits per heavy atom. The molecule has 2 atom stereocenters. The van der Waals surface area contributed by atoms with Crippen molar-refractivity contribution in [1.82, 2.24) is 4.90 Å². The summed E-state index contributed by atoms with van der Waals surface area (Å²) in [7, 11) is 0. The molecule has 1 aliphatic heterocycles. The van der Waals surface area contributed by atoms with Crippen LogP contribution in [0.3, 0.4) is 0 Å². The number of hydrogen-bond donors (Lipinski definition) is 0. The van der Waals surface area contributed by atoms with E-state index in [0.717, 1.165) is 18.5 Å². The van der Waals surface area contributed by atoms with Gasteiger partial charge in [-0.3, -0.25) is 9.59 Å². The number of amides is 1. The number of likely N-dealkylation sites (tertiary alicyclic amines) is 1. The van der Waals surface area contributed by atoms with Gasteiger partial charge in [0.2, 0.25) is 5.91 Å². The van der Waals surface area contributed by atoms with Gasteiger partial charge in [-0.2, -0.15) is 0 Å². The summed E-state index contributed by atoms with van der Waals surface area (Å²) in [5.41, 5.74) is -0.247. The van der Waals surface area contributed by atoms with Gasteiger partial charge < -0.3 is 4.90 Å². The van der Waals surface area contributed by atoms with Gasteiger partial charge in [0.1, 0.15) is 0 Å². The summed E-state index contributed by atoms with van der Waals surface area (Å²) in [5, 5.41) is 0. The lowest BCUT2D eigenvalue weighted by molar-refractivity contribution is -0.148. The third kappa shape index (κ3) is 2.29. The number of fused-ring (bicyclic) bond motifs is 1. The Bertz CT molecular complexity index is 680. The fourth-order valence-electron chi connectivity index (χ4n) is 4.27. The Balaban J connectivity index is 2.29. The van der Waals surface area contributed by atoms with Crippen LogP contribution in [0, 0.1) is 11.3 Å². The standard InChI is InChI=1S/C19H22INO2/c1-4-21-11-10-15-18(2,3)16(22)14(20)12-19(15,17(21)23)13-8-6-5-7-9-13/h5-9,12,15H,4,10-11H2,1-3H3/t15-,19+/m0/s1. The molecule has 1 amide bonds. The highest BCUT2D eigenvalue weighted by molar-refractivity contribution is 14.1. The Labute approximate surface area is 151 Å². The summed E-state index contributed by atoms with van der Waals surface area (Å²) in [6.45, 7) is 7.45. The first-order chi connectivity index (χ1) is 10.9. The first-order valence-electron chi connectivity index (χ1n) is 8.13. The molecular weight excluding hydrogens is 401 g/mol. The number of carbonyl (C=O) groups is 2. The van der Waals surface area contributed by atoms with E-state index < -0.39 is 10.8 Å². The normalized spacial score (nSPS) is 30.0. The first-order valence-corrected chi connectivity index (χ1v) is 9.21. The van der Waals surface area contributed by atoms with Crippen LogP contribution in [-0.4, -0.2) is 29.7 Å². The summed E-state index contributed by atoms with van der Waals surface area (Å²) >= 11 is 2.10. The molecule has 0 aromatic heterocycles. The number of carbonyl (C=O) groups excluding carboxylic acids is 2. The Morgan fingerprint density at radius 2 is 1.87 bits per heavy atom. The molecule has 3 rings (SSSR count). The van der Waals surface area contributed by atoms with E-state index >= 15 is 0 Å². The second kappa shape index (κ2) is 5.72. The highest BCUT2D eigenvalue weighted by Gasteiger charge is 2.59. The minimum atomic E-state index is -0.719. The monoisotopic (exact) mass is 423 g/mol. The molecule has 23 heavy (non-hydrogen) atoms. The van der Waals surface area contributed by atoms with E-state index in [9.17, 15) is 9.59 Å². The van der Waals surface area contributed by atoms with E-state index in [-0.39, 0.29) is 17.6 Å². The molecule has 0 unspecified atom stereocenters. The molecule has 3 nitrogen and oxygen atoms in total. The number of piperidine rings is 1. The minimum Gasteiger partial charge on any atom is -0.342 e. The van der Waals surface area contributed by atoms with E-state index in [4.69, 9.17) is 0 Å². The van der Waals surface area contributed by atoms with Crippen molar-refractivity contribution in [3.05, 3.63) is 45.6 Å². The SMILES string of the molecule is CCN1CC[C@H]2C(C)(C)C(=O)C(I)=C[C@]2(c2ccccc2)C1=O. The summed E-state index contributed by atoms with van der Waals surface area (Å²) in [4.78, 5) is 28.1. The summed E-state index contributed by atoms with van der Waals surface area (Å²) < 4.78 is 0.680. The minimum absolute atomic E-state index is 0.00119. The topological polar surface area (TPSA) is 37.4 Å². The average molecular weight is 423 g/mol. The van der Waals surface area contributed by atoms with Gasteiger partial charge in [-0.05, 0) is 53.5 Å². The predicted octanol–water partition coefficient (Wildman–Crippen LogP) is 3.72. The molecule has 0 radical (unpaired) electrons. The fourth-order valence-corrected chi connectivity index (χ4v) is 5.46. The van der Waals surface area contributed by atoms with Crippen LogP contribution >= 0.6 is 22.6 Å². The van der Waals surface area contributed by atoms with Gasteiger partial charge in [0.05, 0.1) is 8.99 Å². The van der Waals surface area contributed by atoms with Gasteiger partial charge in [-0.15, -0.1) is 0 Å². The highest BCUT2D eigenvalue weighted by Crippen LogP contribution is 2.54. The number of allylic oxidation sites excluding steroid dienone is 1. The molecule has 1 aromatic rings. The maximum atomic E-state index is 13.4. The molecule has 1 heterocycles. The molecule has 1 fully saturated rings. The summed E-state index contributed by atoms with van der Waals surface area (Å²) in [6.07, 6.45) is 2.79. The van der Waals surface area contributed by atoms with Gasteiger partial charge in [0.25, 0.3) is 0 Å². The molecule has 0 saturated carbocycles.